The van der Waals surface area contributed by atoms with Gasteiger partial charge in [0.2, 0.25) is 0 Å². The molecular formula is C29H42N2O4. The Balaban J connectivity index is 1.56. The highest BCUT2D eigenvalue weighted by molar-refractivity contribution is 5.79. The van der Waals surface area contributed by atoms with Gasteiger partial charge in [0.15, 0.2) is 11.6 Å². The number of aliphatic carboxylic acids is 1. The normalized spacial score (nSPS) is 11.2. The van der Waals surface area contributed by atoms with E-state index in [2.05, 4.69) is 41.2 Å². The Hall–Kier alpha value is -2.73. The number of carbonyl (C=O) groups is 1. The van der Waals surface area contributed by atoms with E-state index in [-0.39, 0.29) is 0 Å². The molecule has 0 saturated heterocycles. The zero-order valence-electron chi connectivity index (χ0n) is 21.3. The van der Waals surface area contributed by atoms with Crippen LogP contribution in [0.5, 0.6) is 5.75 Å². The first-order valence-corrected chi connectivity index (χ1v) is 13.2. The summed E-state index contributed by atoms with van der Waals surface area (Å²) < 4.78 is 11.2. The van der Waals surface area contributed by atoms with Crippen LogP contribution in [0.2, 0.25) is 0 Å². The van der Waals surface area contributed by atoms with Gasteiger partial charge in [-0.05, 0) is 50.5 Å². The van der Waals surface area contributed by atoms with E-state index in [1.165, 1.54) is 50.2 Å². The summed E-state index contributed by atoms with van der Waals surface area (Å²) in [6, 6.07) is 8.54. The molecule has 0 saturated carbocycles. The van der Waals surface area contributed by atoms with Gasteiger partial charge in [-0.2, -0.15) is 0 Å². The minimum absolute atomic E-state index is 0.652. The van der Waals surface area contributed by atoms with Crippen molar-refractivity contribution in [3.63, 3.8) is 0 Å². The monoisotopic (exact) mass is 482 g/mol. The number of carboxylic acids is 1. The summed E-state index contributed by atoms with van der Waals surface area (Å²) in [7, 11) is 0. The third-order valence-electron chi connectivity index (χ3n) is 5.74. The molecular weight excluding hydrogens is 440 g/mol. The maximum Gasteiger partial charge on any atom is 0.327 e. The quantitative estimate of drug-likeness (QED) is 0.161. The van der Waals surface area contributed by atoms with Crippen LogP contribution in [0.15, 0.2) is 48.8 Å². The van der Waals surface area contributed by atoms with Crippen LogP contribution in [0.3, 0.4) is 0 Å². The second kappa shape index (κ2) is 18.6. The third-order valence-corrected chi connectivity index (χ3v) is 5.74. The molecule has 0 amide bonds. The molecule has 0 aliphatic carbocycles. The fourth-order valence-corrected chi connectivity index (χ4v) is 3.76. The first kappa shape index (κ1) is 28.5. The van der Waals surface area contributed by atoms with E-state index >= 15 is 0 Å². The molecule has 192 valence electrons. The summed E-state index contributed by atoms with van der Waals surface area (Å²) in [5, 5.41) is 8.55. The van der Waals surface area contributed by atoms with Crippen molar-refractivity contribution < 1.29 is 19.4 Å². The number of ether oxygens (including phenoxy) is 2. The number of unbranched alkanes of at least 4 members (excludes halogenated alkanes) is 8. The minimum atomic E-state index is -0.858. The van der Waals surface area contributed by atoms with Gasteiger partial charge in [-0.25, -0.2) is 14.8 Å². The molecule has 0 fully saturated rings. The number of nitrogens with zero attached hydrogens (tertiary/aromatic N) is 2. The largest absolute Gasteiger partial charge is 0.490 e. The topological polar surface area (TPSA) is 81.5 Å². The number of carboxylic acid groups (broad SMARTS) is 1. The predicted molar refractivity (Wildman–Crippen MR) is 141 cm³/mol. The average Bonchev–Trinajstić information content (AvgIpc) is 2.87. The van der Waals surface area contributed by atoms with Gasteiger partial charge in [0, 0.05) is 24.9 Å². The summed E-state index contributed by atoms with van der Waals surface area (Å²) in [5.74, 6) is 0.563. The van der Waals surface area contributed by atoms with Gasteiger partial charge in [0.1, 0.15) is 0 Å². The van der Waals surface area contributed by atoms with Crippen LogP contribution in [0.25, 0.3) is 11.4 Å². The Morgan fingerprint density at radius 2 is 1.51 bits per heavy atom. The predicted octanol–water partition coefficient (Wildman–Crippen LogP) is 7.03. The number of benzene rings is 1. The summed E-state index contributed by atoms with van der Waals surface area (Å²) >= 11 is 0. The SMILES string of the molecule is CCCOCCCCOc1cnc(-c2ccc(CCCCCCCCC/C=C/C(=O)O)cc2)nc1. The molecule has 0 aliphatic rings. The molecule has 0 bridgehead atoms. The Kier molecular flexibility index (Phi) is 15.1. The summed E-state index contributed by atoms with van der Waals surface area (Å²) in [6.07, 6.45) is 19.9. The number of allylic oxidation sites excluding steroid dienone is 1. The molecule has 2 rings (SSSR count). The number of hydrogen-bond acceptors (Lipinski definition) is 5. The molecule has 0 spiro atoms. The molecule has 6 heteroatoms. The second-order valence-electron chi connectivity index (χ2n) is 8.86. The fourth-order valence-electron chi connectivity index (χ4n) is 3.76. The lowest BCUT2D eigenvalue weighted by Crippen LogP contribution is -2.02. The van der Waals surface area contributed by atoms with Crippen molar-refractivity contribution in [3.8, 4) is 17.1 Å². The van der Waals surface area contributed by atoms with E-state index in [9.17, 15) is 4.79 Å². The van der Waals surface area contributed by atoms with E-state index in [1.54, 1.807) is 18.5 Å². The lowest BCUT2D eigenvalue weighted by molar-refractivity contribution is -0.131. The molecule has 35 heavy (non-hydrogen) atoms. The van der Waals surface area contributed by atoms with Gasteiger partial charge in [0.05, 0.1) is 19.0 Å². The van der Waals surface area contributed by atoms with Crippen molar-refractivity contribution in [2.75, 3.05) is 19.8 Å². The number of aromatic nitrogens is 2. The second-order valence-corrected chi connectivity index (χ2v) is 8.86. The molecule has 0 unspecified atom stereocenters. The van der Waals surface area contributed by atoms with Crippen molar-refractivity contribution in [3.05, 3.63) is 54.4 Å². The van der Waals surface area contributed by atoms with Gasteiger partial charge in [-0.3, -0.25) is 0 Å². The molecule has 2 aromatic rings. The minimum Gasteiger partial charge on any atom is -0.490 e. The smallest absolute Gasteiger partial charge is 0.327 e. The van der Waals surface area contributed by atoms with Crippen molar-refractivity contribution >= 4 is 5.97 Å². The van der Waals surface area contributed by atoms with Gasteiger partial charge in [-0.1, -0.05) is 69.4 Å². The molecule has 1 aromatic heterocycles. The van der Waals surface area contributed by atoms with Crippen molar-refractivity contribution in [2.45, 2.75) is 84.0 Å². The van der Waals surface area contributed by atoms with Crippen LogP contribution in [0.4, 0.5) is 0 Å². The number of rotatable bonds is 20. The Morgan fingerprint density at radius 1 is 0.857 bits per heavy atom. The van der Waals surface area contributed by atoms with E-state index in [1.807, 2.05) is 0 Å². The Bertz CT molecular complexity index is 835. The highest BCUT2D eigenvalue weighted by Crippen LogP contribution is 2.19. The highest BCUT2D eigenvalue weighted by Gasteiger charge is 2.03. The summed E-state index contributed by atoms with van der Waals surface area (Å²) in [5.41, 5.74) is 2.37. The lowest BCUT2D eigenvalue weighted by atomic mass is 10.0. The van der Waals surface area contributed by atoms with Crippen LogP contribution >= 0.6 is 0 Å². The van der Waals surface area contributed by atoms with Crippen molar-refractivity contribution in [1.29, 1.82) is 0 Å². The zero-order chi connectivity index (χ0) is 25.0. The third kappa shape index (κ3) is 13.7. The Morgan fingerprint density at radius 3 is 2.20 bits per heavy atom. The standard InChI is InChI=1S/C29H42N2O4/c1-2-20-34-21-12-13-22-35-27-23-30-29(31-24-27)26-18-16-25(17-19-26)14-10-8-6-4-3-5-7-9-11-15-28(32)33/h11,15-19,23-24H,2-10,12-14,20-22H2,1H3,(H,32,33)/b15-11+. The van der Waals surface area contributed by atoms with Crippen LogP contribution in [-0.2, 0) is 16.0 Å². The van der Waals surface area contributed by atoms with Gasteiger partial charge in [-0.15, -0.1) is 0 Å². The molecule has 0 atom stereocenters. The summed E-state index contributed by atoms with van der Waals surface area (Å²) in [4.78, 5) is 19.3. The zero-order valence-corrected chi connectivity index (χ0v) is 21.3. The maximum atomic E-state index is 10.4. The van der Waals surface area contributed by atoms with Crippen LogP contribution in [0.1, 0.15) is 83.1 Å². The highest BCUT2D eigenvalue weighted by atomic mass is 16.5. The Labute approximate surface area is 210 Å². The molecule has 0 aliphatic heterocycles. The maximum absolute atomic E-state index is 10.4. The number of aryl methyl sites for hydroxylation is 1. The van der Waals surface area contributed by atoms with Gasteiger partial charge >= 0.3 is 5.97 Å². The number of hydrogen-bond donors (Lipinski definition) is 1. The van der Waals surface area contributed by atoms with Crippen molar-refractivity contribution in [2.24, 2.45) is 0 Å². The molecule has 1 heterocycles. The fraction of sp³-hybridized carbons (Fsp3) is 0.552. The van der Waals surface area contributed by atoms with Crippen molar-refractivity contribution in [1.82, 2.24) is 9.97 Å². The first-order valence-electron chi connectivity index (χ1n) is 13.2. The van der Waals surface area contributed by atoms with E-state index in [0.717, 1.165) is 63.1 Å². The van der Waals surface area contributed by atoms with Gasteiger partial charge in [0.25, 0.3) is 0 Å². The van der Waals surface area contributed by atoms with Gasteiger partial charge < -0.3 is 14.6 Å². The average molecular weight is 483 g/mol. The molecule has 0 radical (unpaired) electrons. The van der Waals surface area contributed by atoms with E-state index < -0.39 is 5.97 Å². The molecule has 1 aromatic carbocycles. The van der Waals surface area contributed by atoms with Crippen LogP contribution in [0, 0.1) is 0 Å². The van der Waals surface area contributed by atoms with Crippen LogP contribution < -0.4 is 4.74 Å². The van der Waals surface area contributed by atoms with E-state index in [0.29, 0.717) is 12.4 Å². The lowest BCUT2D eigenvalue weighted by Gasteiger charge is -2.07. The molecule has 1 N–H and O–H groups in total. The molecule has 6 nitrogen and oxygen atoms in total. The summed E-state index contributed by atoms with van der Waals surface area (Å²) in [6.45, 7) is 4.39. The van der Waals surface area contributed by atoms with Crippen LogP contribution in [-0.4, -0.2) is 40.9 Å². The van der Waals surface area contributed by atoms with E-state index in [4.69, 9.17) is 14.6 Å². The first-order chi connectivity index (χ1) is 17.2.